The summed E-state index contributed by atoms with van der Waals surface area (Å²) in [4.78, 5) is 4.53. The Hall–Kier alpha value is -0.730. The molecule has 88 valence electrons. The smallest absolute Gasteiger partial charge is 0.189 e. The Morgan fingerprint density at radius 3 is 2.40 bits per heavy atom. The largest absolute Gasteiger partial charge is 0.370 e. The number of guanidine groups is 1. The molecular weight excluding hydrogens is 186 g/mol. The van der Waals surface area contributed by atoms with Crippen molar-refractivity contribution in [3.63, 3.8) is 0 Å². The zero-order valence-corrected chi connectivity index (χ0v) is 10.3. The molecule has 0 bridgehead atoms. The lowest BCUT2D eigenvalue weighted by Gasteiger charge is -2.25. The van der Waals surface area contributed by atoms with Crippen molar-refractivity contribution in [1.82, 2.24) is 5.32 Å². The summed E-state index contributed by atoms with van der Waals surface area (Å²) >= 11 is 0. The lowest BCUT2D eigenvalue weighted by molar-refractivity contribution is 0.320. The molecule has 3 heteroatoms. The van der Waals surface area contributed by atoms with Crippen LogP contribution in [0.15, 0.2) is 4.99 Å². The van der Waals surface area contributed by atoms with Gasteiger partial charge in [-0.05, 0) is 45.4 Å². The number of hydrogen-bond donors (Lipinski definition) is 2. The Balaban J connectivity index is 2.33. The van der Waals surface area contributed by atoms with Crippen LogP contribution >= 0.6 is 0 Å². The maximum atomic E-state index is 5.81. The third-order valence-electron chi connectivity index (χ3n) is 3.15. The van der Waals surface area contributed by atoms with E-state index in [4.69, 9.17) is 5.73 Å². The molecule has 0 radical (unpaired) electrons. The van der Waals surface area contributed by atoms with E-state index in [1.807, 2.05) is 0 Å². The average Bonchev–Trinajstić information content (AvgIpc) is 2.17. The summed E-state index contributed by atoms with van der Waals surface area (Å²) in [6.45, 7) is 6.44. The highest BCUT2D eigenvalue weighted by Crippen LogP contribution is 2.27. The van der Waals surface area contributed by atoms with Crippen molar-refractivity contribution < 1.29 is 0 Å². The van der Waals surface area contributed by atoms with Gasteiger partial charge in [-0.25, -0.2) is 0 Å². The van der Waals surface area contributed by atoms with Crippen molar-refractivity contribution in [3.05, 3.63) is 0 Å². The fourth-order valence-corrected chi connectivity index (χ4v) is 2.21. The molecule has 0 aromatic rings. The Bertz CT molecular complexity index is 203. The molecule has 0 atom stereocenters. The van der Waals surface area contributed by atoms with E-state index in [0.717, 1.165) is 5.92 Å². The van der Waals surface area contributed by atoms with E-state index >= 15 is 0 Å². The summed E-state index contributed by atoms with van der Waals surface area (Å²) in [6.07, 6.45) is 6.37. The standard InChI is InChI=1S/C12H25N3/c1-4-10-5-7-11(8-6-10)15-12(13)14-9(2)3/h9-11H,4-8H2,1-3H3,(H3,13,14,15). The predicted molar refractivity (Wildman–Crippen MR) is 65.9 cm³/mol. The molecule has 0 heterocycles. The summed E-state index contributed by atoms with van der Waals surface area (Å²) in [5.74, 6) is 1.54. The van der Waals surface area contributed by atoms with Gasteiger partial charge in [-0.15, -0.1) is 0 Å². The van der Waals surface area contributed by atoms with Crippen molar-refractivity contribution in [2.45, 2.75) is 65.0 Å². The number of rotatable bonds is 3. The van der Waals surface area contributed by atoms with Gasteiger partial charge in [0.05, 0.1) is 6.04 Å². The van der Waals surface area contributed by atoms with Gasteiger partial charge in [0, 0.05) is 6.04 Å². The van der Waals surface area contributed by atoms with Crippen molar-refractivity contribution in [1.29, 1.82) is 0 Å². The highest BCUT2D eigenvalue weighted by molar-refractivity contribution is 5.78. The second kappa shape index (κ2) is 5.99. The molecule has 1 rings (SSSR count). The first-order chi connectivity index (χ1) is 7.11. The van der Waals surface area contributed by atoms with E-state index in [1.165, 1.54) is 32.1 Å². The lowest BCUT2D eigenvalue weighted by atomic mass is 9.85. The Morgan fingerprint density at radius 2 is 1.93 bits per heavy atom. The normalized spacial score (nSPS) is 28.1. The van der Waals surface area contributed by atoms with Crippen LogP contribution in [0.1, 0.15) is 52.9 Å². The Morgan fingerprint density at radius 1 is 1.33 bits per heavy atom. The van der Waals surface area contributed by atoms with Gasteiger partial charge >= 0.3 is 0 Å². The zero-order chi connectivity index (χ0) is 11.3. The van der Waals surface area contributed by atoms with Crippen molar-refractivity contribution in [2.75, 3.05) is 0 Å². The molecule has 3 N–H and O–H groups in total. The molecule has 1 fully saturated rings. The lowest BCUT2D eigenvalue weighted by Crippen LogP contribution is -2.38. The molecule has 1 saturated carbocycles. The monoisotopic (exact) mass is 211 g/mol. The Kier molecular flexibility index (Phi) is 4.92. The highest BCUT2D eigenvalue weighted by Gasteiger charge is 2.19. The number of aliphatic imine (C=N–C) groups is 1. The molecule has 0 aromatic heterocycles. The van der Waals surface area contributed by atoms with Gasteiger partial charge < -0.3 is 11.1 Å². The molecule has 0 unspecified atom stereocenters. The van der Waals surface area contributed by atoms with Gasteiger partial charge in [-0.1, -0.05) is 13.3 Å². The number of hydrogen-bond acceptors (Lipinski definition) is 1. The van der Waals surface area contributed by atoms with E-state index in [0.29, 0.717) is 18.0 Å². The topological polar surface area (TPSA) is 50.4 Å². The minimum absolute atomic E-state index is 0.376. The molecular formula is C12H25N3. The molecule has 1 aliphatic carbocycles. The van der Waals surface area contributed by atoms with Crippen LogP contribution < -0.4 is 11.1 Å². The first-order valence-electron chi connectivity index (χ1n) is 6.21. The van der Waals surface area contributed by atoms with Crippen molar-refractivity contribution in [3.8, 4) is 0 Å². The predicted octanol–water partition coefficient (Wildman–Crippen LogP) is 2.27. The van der Waals surface area contributed by atoms with Crippen LogP contribution in [0.4, 0.5) is 0 Å². The van der Waals surface area contributed by atoms with Crippen LogP contribution in [0.5, 0.6) is 0 Å². The number of nitrogens with two attached hydrogens (primary N) is 1. The van der Waals surface area contributed by atoms with Crippen LogP contribution in [0.25, 0.3) is 0 Å². The summed E-state index contributed by atoms with van der Waals surface area (Å²) in [6, 6.07) is 0.833. The molecule has 15 heavy (non-hydrogen) atoms. The maximum Gasteiger partial charge on any atom is 0.189 e. The second-order valence-corrected chi connectivity index (χ2v) is 4.90. The van der Waals surface area contributed by atoms with Gasteiger partial charge in [0.15, 0.2) is 5.96 Å². The SMILES string of the molecule is CCC1CCC(N=C(N)NC(C)C)CC1. The third kappa shape index (κ3) is 4.54. The maximum absolute atomic E-state index is 5.81. The summed E-state index contributed by atoms with van der Waals surface area (Å²) in [5.41, 5.74) is 5.81. The van der Waals surface area contributed by atoms with Crippen LogP contribution in [0, 0.1) is 5.92 Å². The minimum Gasteiger partial charge on any atom is -0.370 e. The average molecular weight is 211 g/mol. The molecule has 0 aliphatic heterocycles. The molecule has 1 aliphatic rings. The minimum atomic E-state index is 0.376. The van der Waals surface area contributed by atoms with Crippen molar-refractivity contribution >= 4 is 5.96 Å². The van der Waals surface area contributed by atoms with Crippen LogP contribution in [0.3, 0.4) is 0 Å². The fourth-order valence-electron chi connectivity index (χ4n) is 2.21. The fraction of sp³-hybridized carbons (Fsp3) is 0.917. The molecule has 0 spiro atoms. The van der Waals surface area contributed by atoms with E-state index in [-0.39, 0.29) is 0 Å². The van der Waals surface area contributed by atoms with Gasteiger partial charge in [0.2, 0.25) is 0 Å². The number of nitrogens with zero attached hydrogens (tertiary/aromatic N) is 1. The van der Waals surface area contributed by atoms with Gasteiger partial charge in [0.1, 0.15) is 0 Å². The van der Waals surface area contributed by atoms with Crippen LogP contribution in [0.2, 0.25) is 0 Å². The highest BCUT2D eigenvalue weighted by atomic mass is 15.1. The van der Waals surface area contributed by atoms with E-state index < -0.39 is 0 Å². The first kappa shape index (κ1) is 12.3. The van der Waals surface area contributed by atoms with Crippen molar-refractivity contribution in [2.24, 2.45) is 16.6 Å². The van der Waals surface area contributed by atoms with E-state index in [9.17, 15) is 0 Å². The quantitative estimate of drug-likeness (QED) is 0.556. The van der Waals surface area contributed by atoms with Crippen LogP contribution in [-0.4, -0.2) is 18.0 Å². The van der Waals surface area contributed by atoms with Gasteiger partial charge in [-0.3, -0.25) is 4.99 Å². The van der Waals surface area contributed by atoms with Gasteiger partial charge in [0.25, 0.3) is 0 Å². The van der Waals surface area contributed by atoms with E-state index in [2.05, 4.69) is 31.1 Å². The molecule has 3 nitrogen and oxygen atoms in total. The third-order valence-corrected chi connectivity index (χ3v) is 3.15. The first-order valence-corrected chi connectivity index (χ1v) is 6.21. The Labute approximate surface area is 93.5 Å². The van der Waals surface area contributed by atoms with E-state index in [1.54, 1.807) is 0 Å². The molecule has 0 aromatic carbocycles. The van der Waals surface area contributed by atoms with Gasteiger partial charge in [-0.2, -0.15) is 0 Å². The summed E-state index contributed by atoms with van der Waals surface area (Å²) in [7, 11) is 0. The molecule has 0 amide bonds. The molecule has 0 saturated heterocycles. The number of nitrogens with one attached hydrogen (secondary N) is 1. The summed E-state index contributed by atoms with van der Waals surface area (Å²) < 4.78 is 0. The van der Waals surface area contributed by atoms with Crippen LogP contribution in [-0.2, 0) is 0 Å². The summed E-state index contributed by atoms with van der Waals surface area (Å²) in [5, 5.41) is 3.14. The zero-order valence-electron chi connectivity index (χ0n) is 10.3. The second-order valence-electron chi connectivity index (χ2n) is 4.90.